The third kappa shape index (κ3) is 6.10. The minimum Gasteiger partial charge on any atom is -0.497 e. The van der Waals surface area contributed by atoms with Gasteiger partial charge in [0.1, 0.15) is 23.4 Å². The first kappa shape index (κ1) is 21.4. The van der Waals surface area contributed by atoms with E-state index in [-0.39, 0.29) is 6.10 Å². The SMILES string of the molecule is CCNC(=NCC(C)Oc1cccc(OC)c1)NCCCc1nnc2ccccn12. The van der Waals surface area contributed by atoms with Gasteiger partial charge in [-0.2, -0.15) is 0 Å². The molecular formula is C22H30N6O2. The lowest BCUT2D eigenvalue weighted by Gasteiger charge is -2.15. The zero-order valence-corrected chi connectivity index (χ0v) is 17.8. The summed E-state index contributed by atoms with van der Waals surface area (Å²) >= 11 is 0. The number of benzene rings is 1. The molecular weight excluding hydrogens is 380 g/mol. The number of methoxy groups -OCH3 is 1. The zero-order valence-electron chi connectivity index (χ0n) is 17.8. The number of pyridine rings is 1. The molecule has 0 radical (unpaired) electrons. The number of aromatic nitrogens is 3. The van der Waals surface area contributed by atoms with E-state index in [0.717, 1.165) is 54.9 Å². The maximum absolute atomic E-state index is 5.94. The van der Waals surface area contributed by atoms with Gasteiger partial charge in [-0.25, -0.2) is 4.99 Å². The van der Waals surface area contributed by atoms with Crippen LogP contribution in [0, 0.1) is 0 Å². The monoisotopic (exact) mass is 410 g/mol. The van der Waals surface area contributed by atoms with Crippen LogP contribution in [0.1, 0.15) is 26.1 Å². The number of nitrogens with one attached hydrogen (secondary N) is 2. The highest BCUT2D eigenvalue weighted by Gasteiger charge is 2.07. The van der Waals surface area contributed by atoms with Crippen molar-refractivity contribution in [2.45, 2.75) is 32.8 Å². The van der Waals surface area contributed by atoms with Crippen LogP contribution in [0.25, 0.3) is 5.65 Å². The van der Waals surface area contributed by atoms with Crippen LogP contribution in [-0.2, 0) is 6.42 Å². The summed E-state index contributed by atoms with van der Waals surface area (Å²) < 4.78 is 13.2. The highest BCUT2D eigenvalue weighted by molar-refractivity contribution is 5.79. The molecule has 0 aliphatic carbocycles. The highest BCUT2D eigenvalue weighted by atomic mass is 16.5. The minimum atomic E-state index is -0.0603. The van der Waals surface area contributed by atoms with Gasteiger partial charge in [0.05, 0.1) is 13.7 Å². The van der Waals surface area contributed by atoms with Crippen LogP contribution in [0.3, 0.4) is 0 Å². The Kier molecular flexibility index (Phi) is 7.88. The van der Waals surface area contributed by atoms with Gasteiger partial charge in [-0.3, -0.25) is 4.40 Å². The van der Waals surface area contributed by atoms with Gasteiger partial charge in [-0.1, -0.05) is 12.1 Å². The second-order valence-electron chi connectivity index (χ2n) is 6.90. The Balaban J connectivity index is 1.46. The summed E-state index contributed by atoms with van der Waals surface area (Å²) in [5, 5.41) is 15.1. The predicted octanol–water partition coefficient (Wildman–Crippen LogP) is 2.69. The Morgan fingerprint density at radius 1 is 1.13 bits per heavy atom. The molecule has 0 bridgehead atoms. The molecule has 1 aromatic carbocycles. The number of aliphatic imine (C=N–C) groups is 1. The van der Waals surface area contributed by atoms with Gasteiger partial charge in [0.2, 0.25) is 0 Å². The molecule has 8 heteroatoms. The number of ether oxygens (including phenoxy) is 2. The normalized spacial score (nSPS) is 12.6. The molecule has 2 aromatic heterocycles. The average molecular weight is 411 g/mol. The quantitative estimate of drug-likeness (QED) is 0.304. The summed E-state index contributed by atoms with van der Waals surface area (Å²) in [6.07, 6.45) is 3.70. The maximum atomic E-state index is 5.94. The van der Waals surface area contributed by atoms with E-state index in [2.05, 4.69) is 32.7 Å². The third-order valence-electron chi connectivity index (χ3n) is 4.48. The molecule has 3 rings (SSSR count). The van der Waals surface area contributed by atoms with Crippen LogP contribution in [0.4, 0.5) is 0 Å². The largest absolute Gasteiger partial charge is 0.497 e. The van der Waals surface area contributed by atoms with E-state index in [4.69, 9.17) is 9.47 Å². The molecule has 0 aliphatic heterocycles. The van der Waals surface area contributed by atoms with Crippen LogP contribution in [0.15, 0.2) is 53.7 Å². The van der Waals surface area contributed by atoms with Crippen molar-refractivity contribution in [2.24, 2.45) is 4.99 Å². The van der Waals surface area contributed by atoms with Crippen molar-refractivity contribution in [1.82, 2.24) is 25.2 Å². The molecule has 3 aromatic rings. The van der Waals surface area contributed by atoms with Crippen molar-refractivity contribution in [3.8, 4) is 11.5 Å². The van der Waals surface area contributed by atoms with Crippen molar-refractivity contribution in [1.29, 1.82) is 0 Å². The van der Waals surface area contributed by atoms with Gasteiger partial charge in [0.15, 0.2) is 11.6 Å². The van der Waals surface area contributed by atoms with Crippen molar-refractivity contribution in [2.75, 3.05) is 26.7 Å². The number of guanidine groups is 1. The van der Waals surface area contributed by atoms with Crippen molar-refractivity contribution in [3.05, 3.63) is 54.5 Å². The van der Waals surface area contributed by atoms with Crippen LogP contribution < -0.4 is 20.1 Å². The van der Waals surface area contributed by atoms with E-state index in [0.29, 0.717) is 6.54 Å². The minimum absolute atomic E-state index is 0.0603. The lowest BCUT2D eigenvalue weighted by molar-refractivity contribution is 0.229. The number of hydrogen-bond donors (Lipinski definition) is 2. The molecule has 2 heterocycles. The van der Waals surface area contributed by atoms with Gasteiger partial charge >= 0.3 is 0 Å². The number of rotatable bonds is 10. The second-order valence-corrected chi connectivity index (χ2v) is 6.90. The van der Waals surface area contributed by atoms with Crippen LogP contribution in [-0.4, -0.2) is 53.4 Å². The molecule has 0 aliphatic rings. The second kappa shape index (κ2) is 11.0. The fourth-order valence-corrected chi connectivity index (χ4v) is 3.02. The number of fused-ring (bicyclic) bond motifs is 1. The van der Waals surface area contributed by atoms with Crippen molar-refractivity contribution >= 4 is 11.6 Å². The van der Waals surface area contributed by atoms with E-state index >= 15 is 0 Å². The average Bonchev–Trinajstić information content (AvgIpc) is 3.18. The Morgan fingerprint density at radius 3 is 2.83 bits per heavy atom. The molecule has 0 saturated carbocycles. The maximum Gasteiger partial charge on any atom is 0.191 e. The van der Waals surface area contributed by atoms with E-state index < -0.39 is 0 Å². The first-order valence-electron chi connectivity index (χ1n) is 10.3. The van der Waals surface area contributed by atoms with Gasteiger partial charge in [-0.05, 0) is 44.5 Å². The third-order valence-corrected chi connectivity index (χ3v) is 4.48. The van der Waals surface area contributed by atoms with E-state index in [9.17, 15) is 0 Å². The number of aryl methyl sites for hydroxylation is 1. The smallest absolute Gasteiger partial charge is 0.191 e. The Bertz CT molecular complexity index is 955. The van der Waals surface area contributed by atoms with Crippen LogP contribution in [0.5, 0.6) is 11.5 Å². The van der Waals surface area contributed by atoms with Gasteiger partial charge in [0, 0.05) is 31.8 Å². The molecule has 1 atom stereocenters. The Labute approximate surface area is 177 Å². The van der Waals surface area contributed by atoms with Gasteiger partial charge < -0.3 is 20.1 Å². The van der Waals surface area contributed by atoms with Crippen LogP contribution in [0.2, 0.25) is 0 Å². The lowest BCUT2D eigenvalue weighted by atomic mass is 10.3. The molecule has 0 saturated heterocycles. The van der Waals surface area contributed by atoms with Gasteiger partial charge in [-0.15, -0.1) is 10.2 Å². The molecule has 1 unspecified atom stereocenters. The van der Waals surface area contributed by atoms with Crippen molar-refractivity contribution in [3.63, 3.8) is 0 Å². The topological polar surface area (TPSA) is 85.1 Å². The summed E-state index contributed by atoms with van der Waals surface area (Å²) in [6, 6.07) is 13.5. The van der Waals surface area contributed by atoms with E-state index in [1.165, 1.54) is 0 Å². The number of nitrogens with zero attached hydrogens (tertiary/aromatic N) is 4. The summed E-state index contributed by atoms with van der Waals surface area (Å²) in [5.41, 5.74) is 0.875. The molecule has 2 N–H and O–H groups in total. The first-order valence-corrected chi connectivity index (χ1v) is 10.3. The Morgan fingerprint density at radius 2 is 2.00 bits per heavy atom. The fourth-order valence-electron chi connectivity index (χ4n) is 3.02. The molecule has 0 spiro atoms. The molecule has 0 amide bonds. The summed E-state index contributed by atoms with van der Waals surface area (Å²) in [5.74, 6) is 3.30. The molecule has 8 nitrogen and oxygen atoms in total. The van der Waals surface area contributed by atoms with E-state index in [1.807, 2.05) is 60.0 Å². The summed E-state index contributed by atoms with van der Waals surface area (Å²) in [7, 11) is 1.65. The molecule has 0 fully saturated rings. The molecule has 160 valence electrons. The first-order chi connectivity index (χ1) is 14.7. The van der Waals surface area contributed by atoms with E-state index in [1.54, 1.807) is 7.11 Å². The van der Waals surface area contributed by atoms with Gasteiger partial charge in [0.25, 0.3) is 0 Å². The lowest BCUT2D eigenvalue weighted by Crippen LogP contribution is -2.38. The standard InChI is InChI=1S/C22H30N6O2/c1-4-23-22(25-16-17(2)30-19-10-7-9-18(15-19)29-3)24-13-8-12-21-27-26-20-11-5-6-14-28(20)21/h5-7,9-11,14-15,17H,4,8,12-13,16H2,1-3H3,(H2,23,24,25). The van der Waals surface area contributed by atoms with Crippen molar-refractivity contribution < 1.29 is 9.47 Å². The predicted molar refractivity (Wildman–Crippen MR) is 118 cm³/mol. The fraction of sp³-hybridized carbons (Fsp3) is 0.409. The summed E-state index contributed by atoms with van der Waals surface area (Å²) in [4.78, 5) is 4.64. The Hall–Kier alpha value is -3.29. The number of hydrogen-bond acceptors (Lipinski definition) is 5. The van der Waals surface area contributed by atoms with Crippen LogP contribution >= 0.6 is 0 Å². The summed E-state index contributed by atoms with van der Waals surface area (Å²) in [6.45, 7) is 6.19. The molecule has 30 heavy (non-hydrogen) atoms. The highest BCUT2D eigenvalue weighted by Crippen LogP contribution is 2.19. The zero-order chi connectivity index (χ0) is 21.2.